The Morgan fingerprint density at radius 1 is 1.19 bits per heavy atom. The van der Waals surface area contributed by atoms with Crippen molar-refractivity contribution in [3.63, 3.8) is 0 Å². The number of benzene rings is 1. The van der Waals surface area contributed by atoms with Crippen LogP contribution in [0.2, 0.25) is 10.0 Å². The van der Waals surface area contributed by atoms with Gasteiger partial charge in [0.15, 0.2) is 6.61 Å². The van der Waals surface area contributed by atoms with E-state index in [0.29, 0.717) is 32.8 Å². The molecule has 0 saturated heterocycles. The number of carbonyl (C=O) groups is 2. The highest BCUT2D eigenvalue weighted by Gasteiger charge is 2.23. The number of aryl methyl sites for hydroxylation is 1. The number of hydrogen-bond acceptors (Lipinski definition) is 5. The lowest BCUT2D eigenvalue weighted by Crippen LogP contribution is -2.21. The van der Waals surface area contributed by atoms with Crippen molar-refractivity contribution in [2.45, 2.75) is 27.2 Å². The smallest absolute Gasteiger partial charge is 0.341 e. The van der Waals surface area contributed by atoms with Crippen molar-refractivity contribution in [3.05, 3.63) is 44.2 Å². The number of rotatable bonds is 7. The van der Waals surface area contributed by atoms with Crippen LogP contribution in [0.4, 0.5) is 5.00 Å². The van der Waals surface area contributed by atoms with Crippen LogP contribution in [0.25, 0.3) is 0 Å². The summed E-state index contributed by atoms with van der Waals surface area (Å²) in [5.74, 6) is -0.392. The van der Waals surface area contributed by atoms with Gasteiger partial charge in [0.25, 0.3) is 5.91 Å². The predicted molar refractivity (Wildman–Crippen MR) is 105 cm³/mol. The summed E-state index contributed by atoms with van der Waals surface area (Å²) in [4.78, 5) is 25.5. The van der Waals surface area contributed by atoms with Gasteiger partial charge in [-0.1, -0.05) is 30.1 Å². The molecule has 0 aliphatic heterocycles. The molecular weight excluding hydrogens is 397 g/mol. The van der Waals surface area contributed by atoms with Crippen LogP contribution in [-0.2, 0) is 16.0 Å². The molecule has 0 aliphatic rings. The van der Waals surface area contributed by atoms with E-state index >= 15 is 0 Å². The van der Waals surface area contributed by atoms with Crippen LogP contribution in [0.5, 0.6) is 5.75 Å². The number of esters is 1. The van der Waals surface area contributed by atoms with Gasteiger partial charge in [0.1, 0.15) is 10.8 Å². The van der Waals surface area contributed by atoms with Crippen LogP contribution < -0.4 is 10.1 Å². The van der Waals surface area contributed by atoms with Crippen LogP contribution in [-0.4, -0.2) is 25.1 Å². The Bertz CT molecular complexity index is 820. The lowest BCUT2D eigenvalue weighted by atomic mass is 10.1. The van der Waals surface area contributed by atoms with Gasteiger partial charge in [0.2, 0.25) is 0 Å². The summed E-state index contributed by atoms with van der Waals surface area (Å²) in [6, 6.07) is 4.74. The minimum atomic E-state index is -0.436. The second-order valence-electron chi connectivity index (χ2n) is 5.33. The molecule has 5 nitrogen and oxygen atoms in total. The fourth-order valence-electron chi connectivity index (χ4n) is 2.39. The molecule has 0 aliphatic carbocycles. The largest absolute Gasteiger partial charge is 0.484 e. The number of ether oxygens (including phenoxy) is 2. The lowest BCUT2D eigenvalue weighted by molar-refractivity contribution is -0.118. The third-order valence-corrected chi connectivity index (χ3v) is 5.36. The maximum atomic E-state index is 12.3. The van der Waals surface area contributed by atoms with Crippen LogP contribution in [0.3, 0.4) is 0 Å². The van der Waals surface area contributed by atoms with E-state index in [1.165, 1.54) is 17.4 Å². The highest BCUT2D eigenvalue weighted by atomic mass is 35.5. The molecule has 1 heterocycles. The SMILES string of the molecule is CCOC(=O)c1c(NC(=O)COc2ccc(Cl)c(Cl)c2)sc(C)c1CC. The molecule has 1 N–H and O–H groups in total. The van der Waals surface area contributed by atoms with E-state index in [4.69, 9.17) is 32.7 Å². The third kappa shape index (κ3) is 4.90. The maximum absolute atomic E-state index is 12.3. The van der Waals surface area contributed by atoms with E-state index in [0.717, 1.165) is 10.4 Å². The second-order valence-corrected chi connectivity index (χ2v) is 7.37. The van der Waals surface area contributed by atoms with Gasteiger partial charge >= 0.3 is 5.97 Å². The molecular formula is C18H19Cl2NO4S. The molecule has 1 aromatic heterocycles. The fourth-order valence-corrected chi connectivity index (χ4v) is 3.83. The Balaban J connectivity index is 2.10. The van der Waals surface area contributed by atoms with Gasteiger partial charge in [-0.2, -0.15) is 0 Å². The van der Waals surface area contributed by atoms with Crippen molar-refractivity contribution in [1.82, 2.24) is 0 Å². The summed E-state index contributed by atoms with van der Waals surface area (Å²) in [6.07, 6.45) is 0.673. The molecule has 0 radical (unpaired) electrons. The number of thiophene rings is 1. The molecule has 0 unspecified atom stereocenters. The Kier molecular flexibility index (Phi) is 7.32. The van der Waals surface area contributed by atoms with Crippen LogP contribution in [0.1, 0.15) is 34.6 Å². The number of amides is 1. The normalized spacial score (nSPS) is 10.5. The first kappa shape index (κ1) is 20.6. The summed E-state index contributed by atoms with van der Waals surface area (Å²) in [5, 5.41) is 3.96. The molecule has 140 valence electrons. The first-order chi connectivity index (χ1) is 12.4. The third-order valence-electron chi connectivity index (χ3n) is 3.56. The van der Waals surface area contributed by atoms with Crippen molar-refractivity contribution < 1.29 is 19.1 Å². The highest BCUT2D eigenvalue weighted by Crippen LogP contribution is 2.34. The number of carbonyl (C=O) groups excluding carboxylic acids is 2. The lowest BCUT2D eigenvalue weighted by Gasteiger charge is -2.09. The molecule has 0 atom stereocenters. The fraction of sp³-hybridized carbons (Fsp3) is 0.333. The molecule has 0 spiro atoms. The van der Waals surface area contributed by atoms with Crippen LogP contribution >= 0.6 is 34.5 Å². The van der Waals surface area contributed by atoms with Gasteiger partial charge in [-0.3, -0.25) is 4.79 Å². The van der Waals surface area contributed by atoms with Crippen molar-refractivity contribution in [1.29, 1.82) is 0 Å². The Morgan fingerprint density at radius 2 is 1.92 bits per heavy atom. The van der Waals surface area contributed by atoms with Gasteiger partial charge in [-0.25, -0.2) is 4.79 Å². The van der Waals surface area contributed by atoms with Gasteiger partial charge in [-0.05, 0) is 38.0 Å². The first-order valence-corrected chi connectivity index (χ1v) is 9.61. The molecule has 26 heavy (non-hydrogen) atoms. The van der Waals surface area contributed by atoms with Crippen molar-refractivity contribution in [3.8, 4) is 5.75 Å². The first-order valence-electron chi connectivity index (χ1n) is 8.04. The molecule has 0 saturated carbocycles. The second kappa shape index (κ2) is 9.26. The number of anilines is 1. The Labute approximate surface area is 166 Å². The van der Waals surface area contributed by atoms with E-state index < -0.39 is 5.97 Å². The van der Waals surface area contributed by atoms with E-state index in [1.807, 2.05) is 13.8 Å². The van der Waals surface area contributed by atoms with Crippen molar-refractivity contribution in [2.75, 3.05) is 18.5 Å². The number of halogens is 2. The summed E-state index contributed by atoms with van der Waals surface area (Å²) in [5.41, 5.74) is 1.30. The maximum Gasteiger partial charge on any atom is 0.341 e. The summed E-state index contributed by atoms with van der Waals surface area (Å²) < 4.78 is 10.5. The van der Waals surface area contributed by atoms with Gasteiger partial charge in [-0.15, -0.1) is 11.3 Å². The summed E-state index contributed by atoms with van der Waals surface area (Å²) in [6.45, 7) is 5.65. The van der Waals surface area contributed by atoms with Crippen molar-refractivity contribution in [2.24, 2.45) is 0 Å². The molecule has 0 fully saturated rings. The molecule has 1 aromatic carbocycles. The minimum absolute atomic E-state index is 0.224. The molecule has 2 aromatic rings. The predicted octanol–water partition coefficient (Wildman–Crippen LogP) is 5.12. The van der Waals surface area contributed by atoms with Crippen molar-refractivity contribution >= 4 is 51.4 Å². The zero-order valence-electron chi connectivity index (χ0n) is 14.7. The molecule has 1 amide bonds. The van der Waals surface area contributed by atoms with E-state index in [1.54, 1.807) is 19.1 Å². The number of nitrogens with one attached hydrogen (secondary N) is 1. The zero-order valence-corrected chi connectivity index (χ0v) is 17.0. The highest BCUT2D eigenvalue weighted by molar-refractivity contribution is 7.16. The summed E-state index contributed by atoms with van der Waals surface area (Å²) >= 11 is 13.1. The quantitative estimate of drug-likeness (QED) is 0.637. The topological polar surface area (TPSA) is 64.6 Å². The van der Waals surface area contributed by atoms with Gasteiger partial charge in [0, 0.05) is 10.9 Å². The Morgan fingerprint density at radius 3 is 2.54 bits per heavy atom. The van der Waals surface area contributed by atoms with Crippen LogP contribution in [0, 0.1) is 6.92 Å². The monoisotopic (exact) mass is 415 g/mol. The average molecular weight is 416 g/mol. The summed E-state index contributed by atoms with van der Waals surface area (Å²) in [7, 11) is 0. The van der Waals surface area contributed by atoms with Gasteiger partial charge < -0.3 is 14.8 Å². The van der Waals surface area contributed by atoms with Crippen LogP contribution in [0.15, 0.2) is 18.2 Å². The molecule has 0 bridgehead atoms. The number of hydrogen-bond donors (Lipinski definition) is 1. The molecule has 8 heteroatoms. The van der Waals surface area contributed by atoms with E-state index in [-0.39, 0.29) is 19.1 Å². The minimum Gasteiger partial charge on any atom is -0.484 e. The standard InChI is InChI=1S/C18H19Cl2NO4S/c1-4-12-10(3)26-17(16(12)18(23)24-5-2)21-15(22)9-25-11-6-7-13(19)14(20)8-11/h6-8H,4-5,9H2,1-3H3,(H,21,22). The average Bonchev–Trinajstić information content (AvgIpc) is 2.91. The van der Waals surface area contributed by atoms with Gasteiger partial charge in [0.05, 0.1) is 22.2 Å². The van der Waals surface area contributed by atoms with E-state index in [9.17, 15) is 9.59 Å². The van der Waals surface area contributed by atoms with E-state index in [2.05, 4.69) is 5.32 Å². The Hall–Kier alpha value is -1.76. The zero-order chi connectivity index (χ0) is 19.3. The molecule has 2 rings (SSSR count).